The van der Waals surface area contributed by atoms with Gasteiger partial charge >= 0.3 is 0 Å². The molecule has 6 nitrogen and oxygen atoms in total. The summed E-state index contributed by atoms with van der Waals surface area (Å²) in [5.74, 6) is 0.0452. The third-order valence-corrected chi connectivity index (χ3v) is 5.82. The van der Waals surface area contributed by atoms with Gasteiger partial charge in [0.05, 0.1) is 17.0 Å². The Labute approximate surface area is 178 Å². The van der Waals surface area contributed by atoms with Gasteiger partial charge in [0.25, 0.3) is 5.91 Å². The minimum absolute atomic E-state index is 0.0115. The van der Waals surface area contributed by atoms with Crippen LogP contribution in [0.1, 0.15) is 44.4 Å². The molecular formula is C25H20N2O4. The van der Waals surface area contributed by atoms with Gasteiger partial charge in [-0.1, -0.05) is 12.1 Å². The first-order valence-corrected chi connectivity index (χ1v) is 9.98. The van der Waals surface area contributed by atoms with Gasteiger partial charge in [-0.3, -0.25) is 14.5 Å². The first kappa shape index (κ1) is 19.1. The van der Waals surface area contributed by atoms with Crippen LogP contribution in [0.15, 0.2) is 63.9 Å². The number of hydrogen-bond acceptors (Lipinski definition) is 5. The minimum atomic E-state index is -0.758. The van der Waals surface area contributed by atoms with Crippen molar-refractivity contribution in [1.29, 1.82) is 0 Å². The number of carbonyl (C=O) groups excluding carboxylic acids is 1. The van der Waals surface area contributed by atoms with E-state index >= 15 is 0 Å². The maximum Gasteiger partial charge on any atom is 0.296 e. The van der Waals surface area contributed by atoms with Crippen LogP contribution in [-0.2, 0) is 0 Å². The molecule has 1 atom stereocenters. The van der Waals surface area contributed by atoms with E-state index in [1.807, 2.05) is 26.8 Å². The molecular weight excluding hydrogens is 392 g/mol. The van der Waals surface area contributed by atoms with Gasteiger partial charge in [-0.15, -0.1) is 0 Å². The number of fused-ring (bicyclic) bond motifs is 2. The number of aryl methyl sites for hydroxylation is 3. The van der Waals surface area contributed by atoms with E-state index in [0.29, 0.717) is 22.4 Å². The summed E-state index contributed by atoms with van der Waals surface area (Å²) < 4.78 is 6.02. The number of phenolic OH excluding ortho intramolecular Hbond substituents is 1. The highest BCUT2D eigenvalue weighted by Crippen LogP contribution is 2.41. The van der Waals surface area contributed by atoms with Crippen LogP contribution in [0, 0.1) is 20.8 Å². The number of amides is 1. The van der Waals surface area contributed by atoms with Gasteiger partial charge < -0.3 is 9.52 Å². The zero-order valence-electron chi connectivity index (χ0n) is 17.3. The standard InChI is InChI=1S/C25H20N2O4/c1-13-7-8-26-20(9-13)27-22(16-5-4-6-17(28)12-16)21-23(29)18-10-14(2)15(3)11-19(18)31-24(21)25(27)30/h4-12,22,28H,1-3H3. The molecule has 1 amide bonds. The Morgan fingerprint density at radius 3 is 2.52 bits per heavy atom. The number of carbonyl (C=O) groups is 1. The summed E-state index contributed by atoms with van der Waals surface area (Å²) in [6.45, 7) is 5.77. The van der Waals surface area contributed by atoms with Gasteiger partial charge in [0, 0.05) is 6.20 Å². The fraction of sp³-hybridized carbons (Fsp3) is 0.160. The predicted molar refractivity (Wildman–Crippen MR) is 118 cm³/mol. The van der Waals surface area contributed by atoms with Crippen molar-refractivity contribution in [2.24, 2.45) is 0 Å². The molecule has 6 heteroatoms. The van der Waals surface area contributed by atoms with Crippen LogP contribution < -0.4 is 10.3 Å². The lowest BCUT2D eigenvalue weighted by atomic mass is 9.97. The lowest BCUT2D eigenvalue weighted by Gasteiger charge is -2.24. The number of anilines is 1. The van der Waals surface area contributed by atoms with Crippen molar-refractivity contribution in [1.82, 2.24) is 4.98 Å². The highest BCUT2D eigenvalue weighted by molar-refractivity contribution is 6.10. The van der Waals surface area contributed by atoms with Crippen molar-refractivity contribution in [3.63, 3.8) is 0 Å². The van der Waals surface area contributed by atoms with Gasteiger partial charge in [0.2, 0.25) is 5.76 Å². The maximum absolute atomic E-state index is 13.6. The molecule has 31 heavy (non-hydrogen) atoms. The summed E-state index contributed by atoms with van der Waals surface area (Å²) in [6, 6.07) is 13.0. The topological polar surface area (TPSA) is 83.6 Å². The first-order valence-electron chi connectivity index (χ1n) is 9.98. The van der Waals surface area contributed by atoms with Gasteiger partial charge in [0.15, 0.2) is 5.43 Å². The first-order chi connectivity index (χ1) is 14.8. The third kappa shape index (κ3) is 2.91. The molecule has 4 aromatic rings. The lowest BCUT2D eigenvalue weighted by Crippen LogP contribution is -2.30. The van der Waals surface area contributed by atoms with E-state index in [0.717, 1.165) is 16.7 Å². The van der Waals surface area contributed by atoms with Gasteiger partial charge in [-0.2, -0.15) is 0 Å². The highest BCUT2D eigenvalue weighted by atomic mass is 16.3. The second kappa shape index (κ2) is 6.80. The molecule has 1 N–H and O–H groups in total. The molecule has 0 radical (unpaired) electrons. The van der Waals surface area contributed by atoms with Crippen LogP contribution >= 0.6 is 0 Å². The van der Waals surface area contributed by atoms with Gasteiger partial charge in [0.1, 0.15) is 17.2 Å². The zero-order chi connectivity index (χ0) is 21.9. The van der Waals surface area contributed by atoms with Crippen molar-refractivity contribution >= 4 is 22.7 Å². The number of pyridine rings is 1. The van der Waals surface area contributed by atoms with Crippen molar-refractivity contribution in [2.45, 2.75) is 26.8 Å². The predicted octanol–water partition coefficient (Wildman–Crippen LogP) is 4.57. The number of hydrogen-bond donors (Lipinski definition) is 1. The minimum Gasteiger partial charge on any atom is -0.508 e. The Hall–Kier alpha value is -3.93. The monoisotopic (exact) mass is 412 g/mol. The molecule has 1 aliphatic rings. The number of benzene rings is 2. The molecule has 2 aromatic carbocycles. The number of aromatic hydroxyl groups is 1. The van der Waals surface area contributed by atoms with Gasteiger partial charge in [-0.25, -0.2) is 4.98 Å². The molecule has 154 valence electrons. The normalized spacial score (nSPS) is 15.5. The van der Waals surface area contributed by atoms with E-state index in [-0.39, 0.29) is 22.5 Å². The van der Waals surface area contributed by atoms with E-state index in [1.165, 1.54) is 4.90 Å². The summed E-state index contributed by atoms with van der Waals surface area (Å²) >= 11 is 0. The summed E-state index contributed by atoms with van der Waals surface area (Å²) in [4.78, 5) is 33.0. The molecule has 0 fully saturated rings. The van der Waals surface area contributed by atoms with Crippen molar-refractivity contribution in [2.75, 3.05) is 4.90 Å². The Bertz CT molecular complexity index is 1440. The van der Waals surface area contributed by atoms with E-state index in [2.05, 4.69) is 4.98 Å². The van der Waals surface area contributed by atoms with Crippen LogP contribution in [0.25, 0.3) is 11.0 Å². The molecule has 3 heterocycles. The summed E-state index contributed by atoms with van der Waals surface area (Å²) in [5, 5.41) is 10.5. The van der Waals surface area contributed by atoms with Crippen molar-refractivity contribution in [3.8, 4) is 5.75 Å². The van der Waals surface area contributed by atoms with E-state index in [1.54, 1.807) is 48.7 Å². The van der Waals surface area contributed by atoms with Crippen LogP contribution in [0.2, 0.25) is 0 Å². The Balaban J connectivity index is 1.85. The third-order valence-electron chi connectivity index (χ3n) is 5.82. The summed E-state index contributed by atoms with van der Waals surface area (Å²) in [7, 11) is 0. The average Bonchev–Trinajstić information content (AvgIpc) is 3.02. The van der Waals surface area contributed by atoms with Crippen molar-refractivity contribution in [3.05, 3.63) is 98.5 Å². The van der Waals surface area contributed by atoms with E-state index in [9.17, 15) is 14.7 Å². The fourth-order valence-corrected chi connectivity index (χ4v) is 4.13. The Morgan fingerprint density at radius 1 is 1.00 bits per heavy atom. The quantitative estimate of drug-likeness (QED) is 0.521. The number of nitrogens with zero attached hydrogens (tertiary/aromatic N) is 2. The van der Waals surface area contributed by atoms with Crippen LogP contribution in [0.4, 0.5) is 5.82 Å². The second-order valence-electron chi connectivity index (χ2n) is 7.97. The van der Waals surface area contributed by atoms with Crippen LogP contribution in [0.5, 0.6) is 5.75 Å². The molecule has 0 saturated heterocycles. The molecule has 0 saturated carbocycles. The molecule has 5 rings (SSSR count). The smallest absolute Gasteiger partial charge is 0.296 e. The average molecular weight is 412 g/mol. The Morgan fingerprint density at radius 2 is 1.77 bits per heavy atom. The van der Waals surface area contributed by atoms with E-state index < -0.39 is 11.9 Å². The molecule has 2 aromatic heterocycles. The molecule has 0 bridgehead atoms. The largest absolute Gasteiger partial charge is 0.508 e. The number of phenols is 1. The van der Waals surface area contributed by atoms with Crippen molar-refractivity contribution < 1.29 is 14.3 Å². The summed E-state index contributed by atoms with van der Waals surface area (Å²) in [6.07, 6.45) is 1.62. The number of rotatable bonds is 2. The SMILES string of the molecule is Cc1ccnc(N2C(=O)c3oc4cc(C)c(C)cc4c(=O)c3C2c2cccc(O)c2)c1. The van der Waals surface area contributed by atoms with Crippen LogP contribution in [-0.4, -0.2) is 16.0 Å². The second-order valence-corrected chi connectivity index (χ2v) is 7.97. The van der Waals surface area contributed by atoms with E-state index in [4.69, 9.17) is 4.42 Å². The molecule has 1 unspecified atom stereocenters. The lowest BCUT2D eigenvalue weighted by molar-refractivity contribution is 0.0970. The Kier molecular flexibility index (Phi) is 4.18. The van der Waals surface area contributed by atoms with Crippen LogP contribution in [0.3, 0.4) is 0 Å². The number of aromatic nitrogens is 1. The summed E-state index contributed by atoms with van der Waals surface area (Å²) in [5.41, 5.74) is 3.86. The molecule has 0 aliphatic carbocycles. The fourth-order valence-electron chi connectivity index (χ4n) is 4.13. The molecule has 0 spiro atoms. The maximum atomic E-state index is 13.6. The zero-order valence-corrected chi connectivity index (χ0v) is 17.3. The highest BCUT2D eigenvalue weighted by Gasteiger charge is 2.44. The molecule has 1 aliphatic heterocycles. The van der Waals surface area contributed by atoms with Gasteiger partial charge in [-0.05, 0) is 79.4 Å².